The van der Waals surface area contributed by atoms with Gasteiger partial charge in [-0.1, -0.05) is 0 Å². The molecule has 0 saturated heterocycles. The molecule has 1 aromatic heterocycles. The number of nitrogens with one attached hydrogen (secondary N) is 1. The van der Waals surface area contributed by atoms with Gasteiger partial charge < -0.3 is 5.11 Å². The van der Waals surface area contributed by atoms with Crippen molar-refractivity contribution in [3.63, 3.8) is 0 Å². The van der Waals surface area contributed by atoms with Gasteiger partial charge in [-0.3, -0.25) is 0 Å². The molecule has 0 aliphatic carbocycles. The average Bonchev–Trinajstić information content (AvgIpc) is 2.62. The first-order valence-corrected chi connectivity index (χ1v) is 8.25. The summed E-state index contributed by atoms with van der Waals surface area (Å²) in [6, 6.07) is 0. The Morgan fingerprint density at radius 3 is 2.00 bits per heavy atom. The van der Waals surface area contributed by atoms with E-state index in [4.69, 9.17) is 5.11 Å². The number of carbonyl (C=O) groups is 1. The fraction of sp³-hybridized carbons (Fsp3) is 0.154. The molecule has 0 unspecified atom stereocenters. The van der Waals surface area contributed by atoms with E-state index in [2.05, 4.69) is 9.97 Å². The van der Waals surface area contributed by atoms with Gasteiger partial charge in [-0.15, -0.1) is 0 Å². The Morgan fingerprint density at radius 2 is 1.54 bits per heavy atom. The topological polar surface area (TPSA) is 109 Å². The number of rotatable bonds is 6. The summed E-state index contributed by atoms with van der Waals surface area (Å²) in [6.45, 7) is -1.12. The zero-order chi connectivity index (χ0) is 21.4. The maximum absolute atomic E-state index is 13.6. The van der Waals surface area contributed by atoms with E-state index in [0.29, 0.717) is 6.20 Å². The summed E-state index contributed by atoms with van der Waals surface area (Å²) < 4.78 is 117. The van der Waals surface area contributed by atoms with E-state index in [-0.39, 0.29) is 0 Å². The zero-order valence-electron chi connectivity index (χ0n) is 13.0. The van der Waals surface area contributed by atoms with Gasteiger partial charge in [0.1, 0.15) is 17.1 Å². The lowest BCUT2D eigenvalue weighted by Gasteiger charge is -2.11. The molecule has 0 aliphatic heterocycles. The summed E-state index contributed by atoms with van der Waals surface area (Å²) in [6.07, 6.45) is -2.96. The summed E-state index contributed by atoms with van der Waals surface area (Å²) in [4.78, 5) is 15.0. The molecule has 7 nitrogen and oxygen atoms in total. The number of halogens is 7. The van der Waals surface area contributed by atoms with Crippen LogP contribution in [0.1, 0.15) is 28.3 Å². The molecule has 152 valence electrons. The highest BCUT2D eigenvalue weighted by atomic mass is 32.2. The quantitative estimate of drug-likeness (QED) is 0.411. The maximum Gasteiger partial charge on any atom is 0.339 e. The van der Waals surface area contributed by atoms with Gasteiger partial charge in [0.05, 0.1) is 6.54 Å². The fourth-order valence-electron chi connectivity index (χ4n) is 1.90. The van der Waals surface area contributed by atoms with Gasteiger partial charge in [0, 0.05) is 6.20 Å². The third-order valence-corrected chi connectivity index (χ3v) is 4.58. The SMILES string of the molecule is O=C(O)c1cnc(CNS(=O)(=O)c2c(F)c(F)c(F)c(F)c2F)nc1C(F)F. The predicted octanol–water partition coefficient (Wildman–Crippen LogP) is 2.29. The number of hydrogen-bond donors (Lipinski definition) is 2. The number of hydrogen-bond acceptors (Lipinski definition) is 5. The van der Waals surface area contributed by atoms with Crippen molar-refractivity contribution in [2.45, 2.75) is 17.9 Å². The van der Waals surface area contributed by atoms with Gasteiger partial charge in [-0.25, -0.2) is 58.6 Å². The molecule has 2 aromatic rings. The number of benzene rings is 1. The van der Waals surface area contributed by atoms with Crippen molar-refractivity contribution in [1.29, 1.82) is 0 Å². The Hall–Kier alpha value is -2.81. The number of carboxylic acids is 1. The molecule has 28 heavy (non-hydrogen) atoms. The summed E-state index contributed by atoms with van der Waals surface area (Å²) >= 11 is 0. The highest BCUT2D eigenvalue weighted by molar-refractivity contribution is 7.89. The first kappa shape index (κ1) is 21.5. The molecule has 1 heterocycles. The van der Waals surface area contributed by atoms with Crippen LogP contribution in [0.4, 0.5) is 30.7 Å². The third-order valence-electron chi connectivity index (χ3n) is 3.16. The Bertz CT molecular complexity index is 1030. The lowest BCUT2D eigenvalue weighted by Crippen LogP contribution is -2.28. The third kappa shape index (κ3) is 3.89. The van der Waals surface area contributed by atoms with Gasteiger partial charge >= 0.3 is 5.97 Å². The second-order valence-corrected chi connectivity index (χ2v) is 6.62. The van der Waals surface area contributed by atoms with Crippen molar-refractivity contribution in [2.75, 3.05) is 0 Å². The van der Waals surface area contributed by atoms with Gasteiger partial charge in [0.25, 0.3) is 6.43 Å². The molecule has 2 rings (SSSR count). The van der Waals surface area contributed by atoms with E-state index in [0.717, 1.165) is 0 Å². The van der Waals surface area contributed by atoms with E-state index in [9.17, 15) is 43.9 Å². The van der Waals surface area contributed by atoms with Crippen LogP contribution < -0.4 is 4.72 Å². The maximum atomic E-state index is 13.6. The average molecular weight is 433 g/mol. The molecule has 0 atom stereocenters. The van der Waals surface area contributed by atoms with Crippen molar-refractivity contribution < 1.29 is 49.1 Å². The monoisotopic (exact) mass is 433 g/mol. The van der Waals surface area contributed by atoms with Gasteiger partial charge in [0.2, 0.25) is 15.8 Å². The lowest BCUT2D eigenvalue weighted by atomic mass is 10.2. The van der Waals surface area contributed by atoms with Gasteiger partial charge in [-0.2, -0.15) is 0 Å². The second kappa shape index (κ2) is 7.67. The second-order valence-electron chi connectivity index (χ2n) is 4.91. The van der Waals surface area contributed by atoms with Crippen LogP contribution in [0.2, 0.25) is 0 Å². The standard InChI is InChI=1S/C13H6F7N3O4S/c14-5-6(15)8(17)11(9(18)7(5)16)28(26,27)22-2-4-21-1-3(13(24)25)10(23-4)12(19)20/h1,12,22H,2H2,(H,24,25). The number of sulfonamides is 1. The molecule has 0 fully saturated rings. The lowest BCUT2D eigenvalue weighted by molar-refractivity contribution is 0.0681. The van der Waals surface area contributed by atoms with Crippen molar-refractivity contribution in [3.8, 4) is 0 Å². The van der Waals surface area contributed by atoms with Crippen LogP contribution in [0.3, 0.4) is 0 Å². The molecule has 0 amide bonds. The Morgan fingerprint density at radius 1 is 1.04 bits per heavy atom. The minimum atomic E-state index is -5.37. The van der Waals surface area contributed by atoms with E-state index in [1.807, 2.05) is 0 Å². The van der Waals surface area contributed by atoms with Gasteiger partial charge in [-0.05, 0) is 0 Å². The molecule has 15 heteroatoms. The van der Waals surface area contributed by atoms with Crippen molar-refractivity contribution >= 4 is 16.0 Å². The van der Waals surface area contributed by atoms with Crippen LogP contribution in [-0.4, -0.2) is 29.5 Å². The normalized spacial score (nSPS) is 11.9. The number of alkyl halides is 2. The van der Waals surface area contributed by atoms with Crippen molar-refractivity contribution in [3.05, 3.63) is 52.4 Å². The molecule has 0 spiro atoms. The minimum Gasteiger partial charge on any atom is -0.478 e. The van der Waals surface area contributed by atoms with E-state index >= 15 is 0 Å². The van der Waals surface area contributed by atoms with Crippen LogP contribution in [0.5, 0.6) is 0 Å². The number of aromatic nitrogens is 2. The zero-order valence-corrected chi connectivity index (χ0v) is 13.8. The summed E-state index contributed by atoms with van der Waals surface area (Å²) in [5, 5.41) is 8.74. The number of carboxylic acid groups (broad SMARTS) is 1. The highest BCUT2D eigenvalue weighted by Gasteiger charge is 2.33. The Balaban J connectivity index is 2.40. The highest BCUT2D eigenvalue weighted by Crippen LogP contribution is 2.26. The first-order valence-electron chi connectivity index (χ1n) is 6.76. The summed E-state index contributed by atoms with van der Waals surface area (Å²) in [7, 11) is -5.37. The summed E-state index contributed by atoms with van der Waals surface area (Å²) in [5.74, 6) is -15.4. The van der Waals surface area contributed by atoms with Gasteiger partial charge in [0.15, 0.2) is 28.2 Å². The summed E-state index contributed by atoms with van der Waals surface area (Å²) in [5.41, 5.74) is -2.26. The molecular weight excluding hydrogens is 427 g/mol. The predicted molar refractivity (Wildman–Crippen MR) is 74.2 cm³/mol. The fourth-order valence-corrected chi connectivity index (χ4v) is 3.02. The molecule has 0 aliphatic rings. The van der Waals surface area contributed by atoms with Crippen molar-refractivity contribution in [1.82, 2.24) is 14.7 Å². The largest absolute Gasteiger partial charge is 0.478 e. The van der Waals surface area contributed by atoms with E-state index in [1.54, 1.807) is 0 Å². The molecule has 0 bridgehead atoms. The molecule has 0 radical (unpaired) electrons. The smallest absolute Gasteiger partial charge is 0.339 e. The molecular formula is C13H6F7N3O4S. The Kier molecular flexibility index (Phi) is 5.88. The Labute approximate surface area is 150 Å². The number of aromatic carboxylic acids is 1. The van der Waals surface area contributed by atoms with Crippen LogP contribution in [0, 0.1) is 29.1 Å². The number of nitrogens with zero attached hydrogens (tertiary/aromatic N) is 2. The minimum absolute atomic E-state index is 0.429. The van der Waals surface area contributed by atoms with E-state index in [1.165, 1.54) is 4.72 Å². The van der Waals surface area contributed by atoms with Crippen molar-refractivity contribution in [2.24, 2.45) is 0 Å². The molecule has 1 aromatic carbocycles. The van der Waals surface area contributed by atoms with Crippen LogP contribution in [-0.2, 0) is 16.6 Å². The molecule has 2 N–H and O–H groups in total. The van der Waals surface area contributed by atoms with Crippen LogP contribution in [0.15, 0.2) is 11.1 Å². The molecule has 0 saturated carbocycles. The van der Waals surface area contributed by atoms with Crippen LogP contribution in [0.25, 0.3) is 0 Å². The van der Waals surface area contributed by atoms with E-state index < -0.39 is 80.0 Å². The van der Waals surface area contributed by atoms with Crippen LogP contribution >= 0.6 is 0 Å². The first-order chi connectivity index (χ1) is 12.9.